The minimum atomic E-state index is 0.0839. The van der Waals surface area contributed by atoms with Gasteiger partial charge in [-0.25, -0.2) is 0 Å². The molecule has 0 radical (unpaired) electrons. The number of carbonyl (C=O) groups is 1. The summed E-state index contributed by atoms with van der Waals surface area (Å²) in [5.74, 6) is 0.668. The second-order valence-corrected chi connectivity index (χ2v) is 5.25. The van der Waals surface area contributed by atoms with Crippen molar-refractivity contribution in [3.8, 4) is 0 Å². The maximum absolute atomic E-state index is 11.8. The Morgan fingerprint density at radius 1 is 1.39 bits per heavy atom. The van der Waals surface area contributed by atoms with Gasteiger partial charge in [-0.1, -0.05) is 43.7 Å². The Morgan fingerprint density at radius 2 is 2.11 bits per heavy atom. The number of hydrogen-bond acceptors (Lipinski definition) is 2. The normalized spacial score (nSPS) is 12.5. The monoisotopic (exact) mass is 248 g/mol. The minimum Gasteiger partial charge on any atom is -0.356 e. The van der Waals surface area contributed by atoms with Gasteiger partial charge in [-0.3, -0.25) is 4.79 Å². The van der Waals surface area contributed by atoms with Crippen LogP contribution in [0.4, 0.5) is 0 Å². The average Bonchev–Trinajstić information content (AvgIpc) is 2.33. The van der Waals surface area contributed by atoms with Crippen LogP contribution in [0.2, 0.25) is 0 Å². The molecule has 100 valence electrons. The Balaban J connectivity index is 2.59. The lowest BCUT2D eigenvalue weighted by Crippen LogP contribution is -2.30. The minimum absolute atomic E-state index is 0.0839. The first kappa shape index (κ1) is 14.7. The first-order valence-corrected chi connectivity index (χ1v) is 6.56. The highest BCUT2D eigenvalue weighted by Crippen LogP contribution is 2.19. The molecular formula is C15H24N2O. The summed E-state index contributed by atoms with van der Waals surface area (Å²) in [6.45, 7) is 7.45. The molecule has 0 saturated heterocycles. The Labute approximate surface area is 110 Å². The SMILES string of the molecule is Cc1cccc(C(CN)CC(=O)NCC(C)C)c1. The summed E-state index contributed by atoms with van der Waals surface area (Å²) in [5.41, 5.74) is 8.13. The van der Waals surface area contributed by atoms with Gasteiger partial charge in [0.2, 0.25) is 5.91 Å². The molecule has 18 heavy (non-hydrogen) atoms. The largest absolute Gasteiger partial charge is 0.356 e. The van der Waals surface area contributed by atoms with Crippen molar-refractivity contribution < 1.29 is 4.79 Å². The number of hydrogen-bond donors (Lipinski definition) is 2. The van der Waals surface area contributed by atoms with Gasteiger partial charge < -0.3 is 11.1 Å². The molecule has 0 aromatic heterocycles. The highest BCUT2D eigenvalue weighted by Gasteiger charge is 2.14. The van der Waals surface area contributed by atoms with Crippen molar-refractivity contribution in [2.45, 2.75) is 33.1 Å². The van der Waals surface area contributed by atoms with Crippen LogP contribution in [-0.4, -0.2) is 19.0 Å². The quantitative estimate of drug-likeness (QED) is 0.811. The summed E-state index contributed by atoms with van der Waals surface area (Å²) in [5, 5.41) is 2.94. The van der Waals surface area contributed by atoms with Crippen molar-refractivity contribution in [1.29, 1.82) is 0 Å². The smallest absolute Gasteiger partial charge is 0.220 e. The van der Waals surface area contributed by atoms with Crippen molar-refractivity contribution in [1.82, 2.24) is 5.32 Å². The summed E-state index contributed by atoms with van der Waals surface area (Å²) in [4.78, 5) is 11.8. The predicted octanol–water partition coefficient (Wildman–Crippen LogP) is 2.20. The van der Waals surface area contributed by atoms with Crippen LogP contribution < -0.4 is 11.1 Å². The van der Waals surface area contributed by atoms with E-state index < -0.39 is 0 Å². The van der Waals surface area contributed by atoms with Gasteiger partial charge in [-0.2, -0.15) is 0 Å². The Hall–Kier alpha value is -1.35. The topological polar surface area (TPSA) is 55.1 Å². The van der Waals surface area contributed by atoms with E-state index in [4.69, 9.17) is 5.73 Å². The Bertz CT molecular complexity index is 388. The molecule has 1 unspecified atom stereocenters. The van der Waals surface area contributed by atoms with Crippen LogP contribution in [0, 0.1) is 12.8 Å². The molecule has 0 aliphatic heterocycles. The third-order valence-electron chi connectivity index (χ3n) is 2.94. The van der Waals surface area contributed by atoms with Gasteiger partial charge in [0.25, 0.3) is 0 Å². The molecule has 0 spiro atoms. The number of aryl methyl sites for hydroxylation is 1. The predicted molar refractivity (Wildman–Crippen MR) is 75.4 cm³/mol. The lowest BCUT2D eigenvalue weighted by Gasteiger charge is -2.16. The van der Waals surface area contributed by atoms with E-state index in [-0.39, 0.29) is 11.8 Å². The molecule has 3 N–H and O–H groups in total. The van der Waals surface area contributed by atoms with Crippen LogP contribution in [0.1, 0.15) is 37.3 Å². The molecule has 0 saturated carbocycles. The number of nitrogens with two attached hydrogens (primary N) is 1. The van der Waals surface area contributed by atoms with Crippen molar-refractivity contribution >= 4 is 5.91 Å². The lowest BCUT2D eigenvalue weighted by atomic mass is 9.94. The molecule has 0 bridgehead atoms. The number of amides is 1. The maximum Gasteiger partial charge on any atom is 0.220 e. The molecular weight excluding hydrogens is 224 g/mol. The third-order valence-corrected chi connectivity index (χ3v) is 2.94. The molecule has 1 aromatic rings. The standard InChI is InChI=1S/C15H24N2O/c1-11(2)10-17-15(18)8-14(9-16)13-6-4-5-12(3)7-13/h4-7,11,14H,8-10,16H2,1-3H3,(H,17,18). The molecule has 1 rings (SSSR count). The molecule has 0 heterocycles. The first-order valence-electron chi connectivity index (χ1n) is 6.56. The average molecular weight is 248 g/mol. The molecule has 1 atom stereocenters. The van der Waals surface area contributed by atoms with Crippen LogP contribution in [0.25, 0.3) is 0 Å². The summed E-state index contributed by atoms with van der Waals surface area (Å²) < 4.78 is 0. The second-order valence-electron chi connectivity index (χ2n) is 5.25. The Morgan fingerprint density at radius 3 is 2.67 bits per heavy atom. The van der Waals surface area contributed by atoms with E-state index in [0.717, 1.165) is 12.1 Å². The molecule has 0 aliphatic carbocycles. The summed E-state index contributed by atoms with van der Waals surface area (Å²) in [6, 6.07) is 8.21. The molecule has 1 amide bonds. The summed E-state index contributed by atoms with van der Waals surface area (Å²) >= 11 is 0. The Kier molecular flexibility index (Phi) is 5.86. The van der Waals surface area contributed by atoms with E-state index in [1.54, 1.807) is 0 Å². The fraction of sp³-hybridized carbons (Fsp3) is 0.533. The molecule has 1 aromatic carbocycles. The molecule has 3 heteroatoms. The van der Waals surface area contributed by atoms with Crippen molar-refractivity contribution in [3.63, 3.8) is 0 Å². The van der Waals surface area contributed by atoms with E-state index >= 15 is 0 Å². The highest BCUT2D eigenvalue weighted by atomic mass is 16.1. The number of nitrogens with one attached hydrogen (secondary N) is 1. The van der Waals surface area contributed by atoms with E-state index in [9.17, 15) is 4.79 Å². The molecule has 0 aliphatic rings. The number of benzene rings is 1. The lowest BCUT2D eigenvalue weighted by molar-refractivity contribution is -0.121. The van der Waals surface area contributed by atoms with E-state index in [2.05, 4.69) is 38.2 Å². The number of carbonyl (C=O) groups excluding carboxylic acids is 1. The van der Waals surface area contributed by atoms with Gasteiger partial charge in [0.1, 0.15) is 0 Å². The maximum atomic E-state index is 11.8. The first-order chi connectivity index (χ1) is 8.52. The zero-order chi connectivity index (χ0) is 13.5. The summed E-state index contributed by atoms with van der Waals surface area (Å²) in [7, 11) is 0. The van der Waals surface area contributed by atoms with Gasteiger partial charge >= 0.3 is 0 Å². The zero-order valence-corrected chi connectivity index (χ0v) is 11.6. The van der Waals surface area contributed by atoms with E-state index in [1.807, 2.05) is 12.1 Å². The second kappa shape index (κ2) is 7.17. The van der Waals surface area contributed by atoms with Crippen LogP contribution >= 0.6 is 0 Å². The molecule has 0 fully saturated rings. The van der Waals surface area contributed by atoms with Crippen molar-refractivity contribution in [2.24, 2.45) is 11.7 Å². The molecule has 3 nitrogen and oxygen atoms in total. The zero-order valence-electron chi connectivity index (χ0n) is 11.6. The van der Waals surface area contributed by atoms with Crippen molar-refractivity contribution in [3.05, 3.63) is 35.4 Å². The highest BCUT2D eigenvalue weighted by molar-refractivity contribution is 5.76. The van der Waals surface area contributed by atoms with E-state index in [1.165, 1.54) is 5.56 Å². The third kappa shape index (κ3) is 4.88. The van der Waals surface area contributed by atoms with Crippen LogP contribution in [0.5, 0.6) is 0 Å². The van der Waals surface area contributed by atoms with E-state index in [0.29, 0.717) is 18.9 Å². The van der Waals surface area contributed by atoms with Crippen molar-refractivity contribution in [2.75, 3.05) is 13.1 Å². The van der Waals surface area contributed by atoms with Crippen LogP contribution in [0.3, 0.4) is 0 Å². The fourth-order valence-electron chi connectivity index (χ4n) is 1.88. The summed E-state index contributed by atoms with van der Waals surface area (Å²) in [6.07, 6.45) is 0.465. The fourth-order valence-corrected chi connectivity index (χ4v) is 1.88. The van der Waals surface area contributed by atoms with Gasteiger partial charge in [-0.05, 0) is 24.9 Å². The van der Waals surface area contributed by atoms with Gasteiger partial charge in [0.15, 0.2) is 0 Å². The number of rotatable bonds is 6. The van der Waals surface area contributed by atoms with Crippen LogP contribution in [-0.2, 0) is 4.79 Å². The van der Waals surface area contributed by atoms with Gasteiger partial charge in [0, 0.05) is 18.9 Å². The van der Waals surface area contributed by atoms with Gasteiger partial charge in [-0.15, -0.1) is 0 Å². The van der Waals surface area contributed by atoms with Crippen LogP contribution in [0.15, 0.2) is 24.3 Å². The van der Waals surface area contributed by atoms with Gasteiger partial charge in [0.05, 0.1) is 0 Å².